The van der Waals surface area contributed by atoms with E-state index in [1.54, 1.807) is 6.20 Å². The third-order valence-electron chi connectivity index (χ3n) is 6.17. The average molecular weight is 409 g/mol. The Morgan fingerprint density at radius 1 is 1.20 bits per heavy atom. The number of carbonyl (C=O) groups is 1. The molecule has 0 amide bonds. The van der Waals surface area contributed by atoms with Gasteiger partial charge in [-0.15, -0.1) is 0 Å². The van der Waals surface area contributed by atoms with Crippen molar-refractivity contribution in [1.29, 1.82) is 0 Å². The molecular formula is C22H28N6O2. The van der Waals surface area contributed by atoms with E-state index < -0.39 is 0 Å². The molecule has 0 atom stereocenters. The first-order valence-electron chi connectivity index (χ1n) is 10.8. The highest BCUT2D eigenvalue weighted by Gasteiger charge is 2.23. The molecule has 3 N–H and O–H groups in total. The fourth-order valence-electron chi connectivity index (χ4n) is 4.42. The SMILES string of the molecule is O=C(Cc1cn[nH]c1-c1nc2ccc(CN3CCOCC3)cc2[nH]1)C1CCNCC1. The maximum Gasteiger partial charge on any atom is 0.156 e. The van der Waals surface area contributed by atoms with Crippen LogP contribution in [0.2, 0.25) is 0 Å². The van der Waals surface area contributed by atoms with Gasteiger partial charge in [-0.25, -0.2) is 4.98 Å². The first-order chi connectivity index (χ1) is 14.8. The van der Waals surface area contributed by atoms with Gasteiger partial charge in [0.2, 0.25) is 0 Å². The molecule has 0 saturated carbocycles. The lowest BCUT2D eigenvalue weighted by molar-refractivity contribution is -0.122. The number of fused-ring (bicyclic) bond motifs is 1. The number of hydrogen-bond acceptors (Lipinski definition) is 6. The molecular weight excluding hydrogens is 380 g/mol. The van der Waals surface area contributed by atoms with E-state index >= 15 is 0 Å². The summed E-state index contributed by atoms with van der Waals surface area (Å²) in [5.41, 5.74) is 4.89. The minimum Gasteiger partial charge on any atom is -0.379 e. The maximum atomic E-state index is 12.7. The van der Waals surface area contributed by atoms with Gasteiger partial charge in [0.25, 0.3) is 0 Å². The number of ketones is 1. The molecule has 2 saturated heterocycles. The van der Waals surface area contributed by atoms with Crippen LogP contribution in [0, 0.1) is 5.92 Å². The van der Waals surface area contributed by atoms with E-state index in [1.807, 2.05) is 0 Å². The molecule has 1 aromatic carbocycles. The molecule has 158 valence electrons. The van der Waals surface area contributed by atoms with E-state index in [2.05, 4.69) is 43.6 Å². The fraction of sp³-hybridized carbons (Fsp3) is 0.500. The van der Waals surface area contributed by atoms with Gasteiger partial charge < -0.3 is 15.0 Å². The van der Waals surface area contributed by atoms with Crippen molar-refractivity contribution >= 4 is 16.8 Å². The van der Waals surface area contributed by atoms with Crippen LogP contribution in [0.1, 0.15) is 24.0 Å². The van der Waals surface area contributed by atoms with Gasteiger partial charge in [0.05, 0.1) is 30.4 Å². The van der Waals surface area contributed by atoms with Crippen molar-refractivity contribution in [3.05, 3.63) is 35.5 Å². The maximum absolute atomic E-state index is 12.7. The zero-order chi connectivity index (χ0) is 20.3. The molecule has 0 radical (unpaired) electrons. The highest BCUT2D eigenvalue weighted by molar-refractivity contribution is 5.85. The zero-order valence-corrected chi connectivity index (χ0v) is 17.1. The molecule has 30 heavy (non-hydrogen) atoms. The second kappa shape index (κ2) is 8.67. The summed E-state index contributed by atoms with van der Waals surface area (Å²) in [7, 11) is 0. The number of aromatic amines is 2. The number of ether oxygens (including phenoxy) is 1. The van der Waals surface area contributed by atoms with Crippen LogP contribution in [0.4, 0.5) is 0 Å². The van der Waals surface area contributed by atoms with E-state index in [4.69, 9.17) is 9.72 Å². The average Bonchev–Trinajstić information content (AvgIpc) is 3.41. The Morgan fingerprint density at radius 3 is 2.87 bits per heavy atom. The van der Waals surface area contributed by atoms with Crippen LogP contribution in [-0.4, -0.2) is 70.2 Å². The Balaban J connectivity index is 1.33. The third-order valence-corrected chi connectivity index (χ3v) is 6.17. The number of benzene rings is 1. The normalized spacial score (nSPS) is 18.8. The number of piperidine rings is 1. The van der Waals surface area contributed by atoms with Crippen LogP contribution >= 0.6 is 0 Å². The Labute approximate surface area is 175 Å². The summed E-state index contributed by atoms with van der Waals surface area (Å²) in [6.45, 7) is 6.29. The Kier molecular flexibility index (Phi) is 5.61. The van der Waals surface area contributed by atoms with E-state index in [9.17, 15) is 4.79 Å². The highest BCUT2D eigenvalue weighted by atomic mass is 16.5. The molecule has 4 heterocycles. The zero-order valence-electron chi connectivity index (χ0n) is 17.1. The van der Waals surface area contributed by atoms with Gasteiger partial charge >= 0.3 is 0 Å². The molecule has 3 aromatic rings. The molecule has 0 spiro atoms. The number of morpholine rings is 1. The molecule has 2 aliphatic heterocycles. The number of nitrogens with one attached hydrogen (secondary N) is 3. The van der Waals surface area contributed by atoms with Crippen molar-refractivity contribution in [2.45, 2.75) is 25.8 Å². The van der Waals surface area contributed by atoms with Gasteiger partial charge in [-0.05, 0) is 43.6 Å². The number of carbonyl (C=O) groups excluding carboxylic acids is 1. The second-order valence-electron chi connectivity index (χ2n) is 8.26. The van der Waals surface area contributed by atoms with Crippen molar-refractivity contribution < 1.29 is 9.53 Å². The fourth-order valence-corrected chi connectivity index (χ4v) is 4.42. The molecule has 0 aliphatic carbocycles. The predicted molar refractivity (Wildman–Crippen MR) is 114 cm³/mol. The minimum absolute atomic E-state index is 0.146. The molecule has 0 unspecified atom stereocenters. The topological polar surface area (TPSA) is 98.9 Å². The van der Waals surface area contributed by atoms with E-state index in [1.165, 1.54) is 5.56 Å². The summed E-state index contributed by atoms with van der Waals surface area (Å²) in [5, 5.41) is 10.6. The van der Waals surface area contributed by atoms with Gasteiger partial charge in [0, 0.05) is 37.5 Å². The molecule has 5 rings (SSSR count). The highest BCUT2D eigenvalue weighted by Crippen LogP contribution is 2.25. The van der Waals surface area contributed by atoms with Crippen LogP contribution in [0.15, 0.2) is 24.4 Å². The summed E-state index contributed by atoms with van der Waals surface area (Å²) in [6, 6.07) is 6.36. The Hall–Kier alpha value is -2.55. The van der Waals surface area contributed by atoms with Gasteiger partial charge in [-0.1, -0.05) is 6.07 Å². The van der Waals surface area contributed by atoms with Gasteiger partial charge in [-0.3, -0.25) is 14.8 Å². The first kappa shape index (κ1) is 19.4. The van der Waals surface area contributed by atoms with Gasteiger partial charge in [0.1, 0.15) is 11.5 Å². The Morgan fingerprint density at radius 2 is 2.03 bits per heavy atom. The van der Waals surface area contributed by atoms with Crippen molar-refractivity contribution in [3.63, 3.8) is 0 Å². The summed E-state index contributed by atoms with van der Waals surface area (Å²) in [5.74, 6) is 1.18. The van der Waals surface area contributed by atoms with Crippen LogP contribution < -0.4 is 5.32 Å². The summed E-state index contributed by atoms with van der Waals surface area (Å²) < 4.78 is 5.44. The number of nitrogens with zero attached hydrogens (tertiary/aromatic N) is 3. The quantitative estimate of drug-likeness (QED) is 0.576. The number of rotatable bonds is 6. The first-order valence-corrected chi connectivity index (χ1v) is 10.8. The largest absolute Gasteiger partial charge is 0.379 e. The van der Waals surface area contributed by atoms with Crippen molar-refractivity contribution in [2.75, 3.05) is 39.4 Å². The third kappa shape index (κ3) is 4.16. The molecule has 0 bridgehead atoms. The number of aromatic nitrogens is 4. The lowest BCUT2D eigenvalue weighted by Gasteiger charge is -2.26. The molecule has 8 heteroatoms. The van der Waals surface area contributed by atoms with Crippen molar-refractivity contribution in [1.82, 2.24) is 30.4 Å². The monoisotopic (exact) mass is 408 g/mol. The predicted octanol–water partition coefficient (Wildman–Crippen LogP) is 1.90. The number of imidazole rings is 1. The minimum atomic E-state index is 0.146. The molecule has 2 fully saturated rings. The smallest absolute Gasteiger partial charge is 0.156 e. The van der Waals surface area contributed by atoms with Crippen LogP contribution in [0.5, 0.6) is 0 Å². The van der Waals surface area contributed by atoms with E-state index in [0.717, 1.165) is 86.9 Å². The second-order valence-corrected chi connectivity index (χ2v) is 8.26. The molecule has 8 nitrogen and oxygen atoms in total. The van der Waals surface area contributed by atoms with E-state index in [0.29, 0.717) is 12.2 Å². The number of Topliss-reactive ketones (excluding diaryl/α,β-unsaturated/α-hetero) is 1. The van der Waals surface area contributed by atoms with Crippen molar-refractivity contribution in [3.8, 4) is 11.5 Å². The van der Waals surface area contributed by atoms with Gasteiger partial charge in [-0.2, -0.15) is 5.10 Å². The van der Waals surface area contributed by atoms with Crippen LogP contribution in [0.3, 0.4) is 0 Å². The summed E-state index contributed by atoms with van der Waals surface area (Å²) in [6.07, 6.45) is 3.99. The number of H-pyrrole nitrogens is 2. The van der Waals surface area contributed by atoms with Crippen molar-refractivity contribution in [2.24, 2.45) is 5.92 Å². The van der Waals surface area contributed by atoms with Crippen LogP contribution in [0.25, 0.3) is 22.6 Å². The van der Waals surface area contributed by atoms with Gasteiger partial charge in [0.15, 0.2) is 5.82 Å². The van der Waals surface area contributed by atoms with Crippen LogP contribution in [-0.2, 0) is 22.5 Å². The molecule has 2 aliphatic rings. The lowest BCUT2D eigenvalue weighted by Crippen LogP contribution is -2.35. The number of hydrogen-bond donors (Lipinski definition) is 3. The van der Waals surface area contributed by atoms with E-state index in [-0.39, 0.29) is 5.92 Å². The molecule has 2 aromatic heterocycles. The lowest BCUT2D eigenvalue weighted by atomic mass is 9.90. The standard InChI is InChI=1S/C22H28N6O2/c29-20(16-3-5-23-6-4-16)12-17-13-24-27-21(17)22-25-18-2-1-15(11-19(18)26-22)14-28-7-9-30-10-8-28/h1-2,11,13,16,23H,3-10,12,14H2,(H,24,27)(H,25,26). The Bertz CT molecular complexity index is 1010. The summed E-state index contributed by atoms with van der Waals surface area (Å²) >= 11 is 0. The summed E-state index contributed by atoms with van der Waals surface area (Å²) in [4.78, 5) is 23.3.